The highest BCUT2D eigenvalue weighted by atomic mass is 32.1. The molecule has 1 atom stereocenters. The van der Waals surface area contributed by atoms with Crippen molar-refractivity contribution in [3.8, 4) is 0 Å². The van der Waals surface area contributed by atoms with Crippen LogP contribution in [0, 0.1) is 12.3 Å². The van der Waals surface area contributed by atoms with Crippen LogP contribution in [0.25, 0.3) is 6.08 Å². The summed E-state index contributed by atoms with van der Waals surface area (Å²) in [6.07, 6.45) is 3.08. The predicted molar refractivity (Wildman–Crippen MR) is 77.1 cm³/mol. The van der Waals surface area contributed by atoms with E-state index in [4.69, 9.17) is 5.11 Å². The summed E-state index contributed by atoms with van der Waals surface area (Å²) in [6, 6.07) is 1.06. The first-order valence-corrected chi connectivity index (χ1v) is 6.85. The highest BCUT2D eigenvalue weighted by Crippen LogP contribution is 2.20. The maximum absolute atomic E-state index is 11.8. The number of carbonyl (C=O) groups is 2. The molecule has 0 aromatic carbocycles. The molecule has 0 aliphatic heterocycles. The van der Waals surface area contributed by atoms with Crippen LogP contribution in [-0.4, -0.2) is 23.0 Å². The Morgan fingerprint density at radius 2 is 2.05 bits per heavy atom. The second-order valence-corrected chi connectivity index (χ2v) is 6.39. The van der Waals surface area contributed by atoms with Gasteiger partial charge in [0.25, 0.3) is 0 Å². The molecule has 0 radical (unpaired) electrons. The Kier molecular flexibility index (Phi) is 4.89. The van der Waals surface area contributed by atoms with Gasteiger partial charge in [0, 0.05) is 11.0 Å². The number of hydrogen-bond acceptors (Lipinski definition) is 3. The number of aliphatic carboxylic acids is 1. The Morgan fingerprint density at radius 1 is 1.42 bits per heavy atom. The van der Waals surface area contributed by atoms with Crippen LogP contribution >= 0.6 is 11.3 Å². The Balaban J connectivity index is 2.72. The first kappa shape index (κ1) is 15.4. The zero-order chi connectivity index (χ0) is 14.6. The molecule has 0 saturated heterocycles. The largest absolute Gasteiger partial charge is 0.480 e. The summed E-state index contributed by atoms with van der Waals surface area (Å²) < 4.78 is 0. The van der Waals surface area contributed by atoms with E-state index in [9.17, 15) is 9.59 Å². The topological polar surface area (TPSA) is 66.4 Å². The fourth-order valence-electron chi connectivity index (χ4n) is 1.55. The lowest BCUT2D eigenvalue weighted by Gasteiger charge is -2.27. The Labute approximate surface area is 117 Å². The summed E-state index contributed by atoms with van der Waals surface area (Å²) in [5.74, 6) is -1.42. The molecule has 0 aliphatic rings. The van der Waals surface area contributed by atoms with Gasteiger partial charge in [-0.15, -0.1) is 11.3 Å². The van der Waals surface area contributed by atoms with Crippen LogP contribution in [0.5, 0.6) is 0 Å². The minimum Gasteiger partial charge on any atom is -0.480 e. The smallest absolute Gasteiger partial charge is 0.326 e. The lowest BCUT2D eigenvalue weighted by atomic mass is 9.87. The summed E-state index contributed by atoms with van der Waals surface area (Å²) in [7, 11) is 0. The first-order valence-electron chi connectivity index (χ1n) is 5.97. The number of carboxylic acid groups (broad SMARTS) is 1. The van der Waals surface area contributed by atoms with Gasteiger partial charge in [-0.3, -0.25) is 4.79 Å². The van der Waals surface area contributed by atoms with Crippen LogP contribution in [0.4, 0.5) is 0 Å². The number of aryl methyl sites for hydroxylation is 1. The molecule has 0 fully saturated rings. The van der Waals surface area contributed by atoms with Gasteiger partial charge in [-0.25, -0.2) is 4.79 Å². The number of amides is 1. The van der Waals surface area contributed by atoms with Gasteiger partial charge >= 0.3 is 5.97 Å². The van der Waals surface area contributed by atoms with Crippen molar-refractivity contribution in [2.75, 3.05) is 0 Å². The molecule has 0 unspecified atom stereocenters. The minimum absolute atomic E-state index is 0.393. The summed E-state index contributed by atoms with van der Waals surface area (Å²) in [6.45, 7) is 7.29. The number of thiophene rings is 1. The summed E-state index contributed by atoms with van der Waals surface area (Å²) in [5.41, 5.74) is 0.563. The van der Waals surface area contributed by atoms with Gasteiger partial charge in [0.1, 0.15) is 6.04 Å². The van der Waals surface area contributed by atoms with Crippen LogP contribution < -0.4 is 5.32 Å². The van der Waals surface area contributed by atoms with Crippen molar-refractivity contribution >= 4 is 29.3 Å². The number of carbonyl (C=O) groups excluding carboxylic acids is 1. The average molecular weight is 281 g/mol. The molecule has 4 nitrogen and oxygen atoms in total. The monoisotopic (exact) mass is 281 g/mol. The highest BCUT2D eigenvalue weighted by Gasteiger charge is 2.31. The van der Waals surface area contributed by atoms with Crippen molar-refractivity contribution < 1.29 is 14.7 Å². The minimum atomic E-state index is -1.03. The van der Waals surface area contributed by atoms with E-state index in [1.807, 2.05) is 18.4 Å². The average Bonchev–Trinajstić information content (AvgIpc) is 2.67. The van der Waals surface area contributed by atoms with Crippen molar-refractivity contribution in [3.05, 3.63) is 28.0 Å². The molecule has 1 aromatic heterocycles. The molecule has 5 heteroatoms. The highest BCUT2D eigenvalue weighted by molar-refractivity contribution is 7.11. The molecule has 104 valence electrons. The molecule has 1 aromatic rings. The normalized spacial score (nSPS) is 13.5. The van der Waals surface area contributed by atoms with Gasteiger partial charge in [-0.2, -0.15) is 0 Å². The molecule has 0 saturated carbocycles. The predicted octanol–water partition coefficient (Wildman–Crippen LogP) is 2.69. The van der Waals surface area contributed by atoms with Gasteiger partial charge < -0.3 is 10.4 Å². The van der Waals surface area contributed by atoms with Crippen molar-refractivity contribution in [2.45, 2.75) is 33.7 Å². The van der Waals surface area contributed by atoms with Gasteiger partial charge in [-0.1, -0.05) is 20.8 Å². The number of nitrogens with one attached hydrogen (secondary N) is 1. The van der Waals surface area contributed by atoms with Crippen LogP contribution in [0.2, 0.25) is 0 Å². The molecule has 19 heavy (non-hydrogen) atoms. The summed E-state index contributed by atoms with van der Waals surface area (Å²) in [4.78, 5) is 23.9. The number of hydrogen-bond donors (Lipinski definition) is 2. The molecule has 1 amide bonds. The Hall–Kier alpha value is -1.62. The van der Waals surface area contributed by atoms with E-state index in [0.717, 1.165) is 10.4 Å². The Morgan fingerprint density at radius 3 is 2.47 bits per heavy atom. The quantitative estimate of drug-likeness (QED) is 0.834. The molecule has 2 N–H and O–H groups in total. The standard InChI is InChI=1S/C14H19NO3S/c1-9-7-8-19-10(9)5-6-11(16)15-12(13(17)18)14(2,3)4/h5-8,12H,1-4H3,(H,15,16)(H,17,18)/b6-5+/t12-/m0/s1. The van der Waals surface area contributed by atoms with E-state index < -0.39 is 23.3 Å². The SMILES string of the molecule is Cc1ccsc1/C=C/C(=O)N[C@@H](C(=O)O)C(C)(C)C. The maximum Gasteiger partial charge on any atom is 0.326 e. The third-order valence-electron chi connectivity index (χ3n) is 2.69. The first-order chi connectivity index (χ1) is 8.71. The molecule has 0 bridgehead atoms. The van der Waals surface area contributed by atoms with E-state index in [-0.39, 0.29) is 0 Å². The zero-order valence-electron chi connectivity index (χ0n) is 11.6. The second kappa shape index (κ2) is 6.02. The summed E-state index contributed by atoms with van der Waals surface area (Å²) >= 11 is 1.54. The lowest BCUT2D eigenvalue weighted by molar-refractivity contribution is -0.144. The van der Waals surface area contributed by atoms with Crippen molar-refractivity contribution in [1.82, 2.24) is 5.32 Å². The van der Waals surface area contributed by atoms with E-state index in [1.54, 1.807) is 26.8 Å². The van der Waals surface area contributed by atoms with Gasteiger partial charge in [-0.05, 0) is 35.4 Å². The number of rotatable bonds is 4. The van der Waals surface area contributed by atoms with Gasteiger partial charge in [0.05, 0.1) is 0 Å². The molecule has 0 spiro atoms. The molecule has 1 rings (SSSR count). The van der Waals surface area contributed by atoms with E-state index in [2.05, 4.69) is 5.32 Å². The van der Waals surface area contributed by atoms with E-state index in [1.165, 1.54) is 17.4 Å². The van der Waals surface area contributed by atoms with Crippen molar-refractivity contribution in [1.29, 1.82) is 0 Å². The molecule has 1 heterocycles. The van der Waals surface area contributed by atoms with Crippen LogP contribution in [0.3, 0.4) is 0 Å². The maximum atomic E-state index is 11.8. The molecular formula is C14H19NO3S. The Bertz CT molecular complexity index is 497. The third-order valence-corrected chi connectivity index (χ3v) is 3.67. The summed E-state index contributed by atoms with van der Waals surface area (Å²) in [5, 5.41) is 13.6. The van der Waals surface area contributed by atoms with E-state index in [0.29, 0.717) is 0 Å². The number of carboxylic acids is 1. The fraction of sp³-hybridized carbons (Fsp3) is 0.429. The van der Waals surface area contributed by atoms with Crippen LogP contribution in [0.1, 0.15) is 31.2 Å². The fourth-order valence-corrected chi connectivity index (χ4v) is 2.36. The molecule has 0 aliphatic carbocycles. The van der Waals surface area contributed by atoms with Crippen LogP contribution in [0.15, 0.2) is 17.5 Å². The molecular weight excluding hydrogens is 262 g/mol. The van der Waals surface area contributed by atoms with Gasteiger partial charge in [0.15, 0.2) is 0 Å². The second-order valence-electron chi connectivity index (χ2n) is 5.45. The van der Waals surface area contributed by atoms with Gasteiger partial charge in [0.2, 0.25) is 5.91 Å². The van der Waals surface area contributed by atoms with E-state index >= 15 is 0 Å². The van der Waals surface area contributed by atoms with Crippen molar-refractivity contribution in [3.63, 3.8) is 0 Å². The van der Waals surface area contributed by atoms with Crippen LogP contribution in [-0.2, 0) is 9.59 Å². The zero-order valence-corrected chi connectivity index (χ0v) is 12.4. The third kappa shape index (κ3) is 4.52. The lowest BCUT2D eigenvalue weighted by Crippen LogP contribution is -2.48. The van der Waals surface area contributed by atoms with Crippen molar-refractivity contribution in [2.24, 2.45) is 5.41 Å².